The highest BCUT2D eigenvalue weighted by atomic mass is 35.5. The Morgan fingerprint density at radius 3 is 2.60 bits per heavy atom. The average molecular weight is 240 g/mol. The summed E-state index contributed by atoms with van der Waals surface area (Å²) in [5.74, 6) is 0. The number of halogens is 2. The van der Waals surface area contributed by atoms with E-state index in [1.165, 1.54) is 6.20 Å². The molecule has 4 heteroatoms. The van der Waals surface area contributed by atoms with Crippen molar-refractivity contribution in [2.24, 2.45) is 0 Å². The second kappa shape index (κ2) is 4.09. The maximum absolute atomic E-state index is 11.5. The third-order valence-electron chi connectivity index (χ3n) is 2.00. The first-order chi connectivity index (χ1) is 7.16. The molecular weight excluding hydrogens is 233 g/mol. The maximum atomic E-state index is 11.5. The molecule has 1 heterocycles. The summed E-state index contributed by atoms with van der Waals surface area (Å²) < 4.78 is 0. The maximum Gasteiger partial charge on any atom is 0.255 e. The predicted octanol–water partition coefficient (Wildman–Crippen LogP) is 3.35. The van der Waals surface area contributed by atoms with Crippen molar-refractivity contribution in [3.63, 3.8) is 0 Å². The predicted molar refractivity (Wildman–Crippen MR) is 62.5 cm³/mol. The largest absolute Gasteiger partial charge is 0.327 e. The fourth-order valence-corrected chi connectivity index (χ4v) is 1.68. The van der Waals surface area contributed by atoms with Crippen LogP contribution in [0.15, 0.2) is 41.3 Å². The minimum absolute atomic E-state index is 0.179. The van der Waals surface area contributed by atoms with E-state index in [1.807, 2.05) is 6.07 Å². The Morgan fingerprint density at radius 2 is 1.87 bits per heavy atom. The van der Waals surface area contributed by atoms with Gasteiger partial charge in [0.15, 0.2) is 0 Å². The summed E-state index contributed by atoms with van der Waals surface area (Å²) in [5, 5.41) is 1.08. The summed E-state index contributed by atoms with van der Waals surface area (Å²) in [4.78, 5) is 14.1. The van der Waals surface area contributed by atoms with Crippen LogP contribution in [0.25, 0.3) is 11.1 Å². The first kappa shape index (κ1) is 10.3. The second-order valence-electron chi connectivity index (χ2n) is 3.07. The zero-order chi connectivity index (χ0) is 10.8. The van der Waals surface area contributed by atoms with Crippen molar-refractivity contribution in [3.05, 3.63) is 56.9 Å². The average Bonchev–Trinajstić information content (AvgIpc) is 2.22. The first-order valence-corrected chi connectivity index (χ1v) is 5.06. The summed E-state index contributed by atoms with van der Waals surface area (Å²) in [6, 6.07) is 8.70. The zero-order valence-electron chi connectivity index (χ0n) is 7.63. The third kappa shape index (κ3) is 2.22. The van der Waals surface area contributed by atoms with Crippen molar-refractivity contribution in [3.8, 4) is 11.1 Å². The van der Waals surface area contributed by atoms with Gasteiger partial charge in [-0.3, -0.25) is 4.79 Å². The molecule has 76 valence electrons. The summed E-state index contributed by atoms with van der Waals surface area (Å²) in [6.07, 6.45) is 1.46. The van der Waals surface area contributed by atoms with Crippen LogP contribution in [0.2, 0.25) is 10.0 Å². The van der Waals surface area contributed by atoms with Crippen LogP contribution in [0, 0.1) is 0 Å². The molecule has 0 bridgehead atoms. The Balaban J connectivity index is 2.63. The number of rotatable bonds is 1. The molecule has 0 unspecified atom stereocenters. The van der Waals surface area contributed by atoms with E-state index in [0.717, 1.165) is 5.56 Å². The lowest BCUT2D eigenvalue weighted by molar-refractivity contribution is 1.24. The minimum atomic E-state index is -0.179. The number of hydrogen-bond acceptors (Lipinski definition) is 1. The van der Waals surface area contributed by atoms with Gasteiger partial charge in [0.25, 0.3) is 5.56 Å². The molecule has 0 aliphatic carbocycles. The smallest absolute Gasteiger partial charge is 0.255 e. The minimum Gasteiger partial charge on any atom is -0.327 e. The van der Waals surface area contributed by atoms with Gasteiger partial charge in [0.2, 0.25) is 0 Å². The van der Waals surface area contributed by atoms with E-state index in [1.54, 1.807) is 24.3 Å². The van der Waals surface area contributed by atoms with E-state index < -0.39 is 0 Å². The van der Waals surface area contributed by atoms with E-state index in [-0.39, 0.29) is 5.56 Å². The Morgan fingerprint density at radius 1 is 1.07 bits per heavy atom. The highest BCUT2D eigenvalue weighted by Crippen LogP contribution is 2.21. The van der Waals surface area contributed by atoms with Gasteiger partial charge in [0, 0.05) is 16.8 Å². The van der Waals surface area contributed by atoms with Crippen LogP contribution in [0.3, 0.4) is 0 Å². The molecule has 0 radical (unpaired) electrons. The van der Waals surface area contributed by atoms with E-state index in [9.17, 15) is 4.79 Å². The van der Waals surface area contributed by atoms with Crippen LogP contribution < -0.4 is 5.56 Å². The highest BCUT2D eigenvalue weighted by Gasteiger charge is 2.04. The van der Waals surface area contributed by atoms with Gasteiger partial charge in [0.05, 0.1) is 5.02 Å². The van der Waals surface area contributed by atoms with Crippen molar-refractivity contribution in [1.29, 1.82) is 0 Å². The van der Waals surface area contributed by atoms with E-state index in [4.69, 9.17) is 23.2 Å². The van der Waals surface area contributed by atoms with Crippen molar-refractivity contribution in [1.82, 2.24) is 4.98 Å². The number of aromatic amines is 1. The molecule has 1 aromatic carbocycles. The van der Waals surface area contributed by atoms with Gasteiger partial charge >= 0.3 is 0 Å². The van der Waals surface area contributed by atoms with Gasteiger partial charge in [-0.05, 0) is 23.8 Å². The number of aromatic nitrogens is 1. The summed E-state index contributed by atoms with van der Waals surface area (Å²) in [5.41, 5.74) is 1.10. The number of hydrogen-bond donors (Lipinski definition) is 1. The molecule has 2 rings (SSSR count). The van der Waals surface area contributed by atoms with Gasteiger partial charge in [0.1, 0.15) is 0 Å². The molecule has 0 atom stereocenters. The molecule has 0 saturated heterocycles. The summed E-state index contributed by atoms with van der Waals surface area (Å²) >= 11 is 11.6. The van der Waals surface area contributed by atoms with Crippen LogP contribution >= 0.6 is 23.2 Å². The highest BCUT2D eigenvalue weighted by molar-refractivity contribution is 6.31. The van der Waals surface area contributed by atoms with Crippen molar-refractivity contribution in [2.45, 2.75) is 0 Å². The topological polar surface area (TPSA) is 32.9 Å². The molecule has 0 aliphatic rings. The fourth-order valence-electron chi connectivity index (χ4n) is 1.33. The van der Waals surface area contributed by atoms with Crippen LogP contribution in [0.4, 0.5) is 0 Å². The normalized spacial score (nSPS) is 10.3. The standard InChI is InChI=1S/C11H7Cl2NO/c12-8-3-1-2-7(4-8)10-5-9(13)6-14-11(10)15/h1-6H,(H,14,15). The summed E-state index contributed by atoms with van der Waals surface area (Å²) in [7, 11) is 0. The molecular formula is C11H7Cl2NO. The van der Waals surface area contributed by atoms with Crippen LogP contribution in [0.5, 0.6) is 0 Å². The molecule has 0 amide bonds. The lowest BCUT2D eigenvalue weighted by Gasteiger charge is -2.01. The van der Waals surface area contributed by atoms with E-state index in [0.29, 0.717) is 15.6 Å². The second-order valence-corrected chi connectivity index (χ2v) is 3.94. The number of benzene rings is 1. The number of nitrogens with one attached hydrogen (secondary N) is 1. The third-order valence-corrected chi connectivity index (χ3v) is 2.46. The van der Waals surface area contributed by atoms with Crippen molar-refractivity contribution < 1.29 is 0 Å². The number of H-pyrrole nitrogens is 1. The zero-order valence-corrected chi connectivity index (χ0v) is 9.14. The van der Waals surface area contributed by atoms with Gasteiger partial charge in [-0.25, -0.2) is 0 Å². The molecule has 2 aromatic rings. The molecule has 2 nitrogen and oxygen atoms in total. The molecule has 1 aromatic heterocycles. The van der Waals surface area contributed by atoms with Gasteiger partial charge in [-0.2, -0.15) is 0 Å². The lowest BCUT2D eigenvalue weighted by atomic mass is 10.1. The Labute approximate surface area is 96.5 Å². The Hall–Kier alpha value is -1.25. The molecule has 1 N–H and O–H groups in total. The van der Waals surface area contributed by atoms with Crippen LogP contribution in [0.1, 0.15) is 0 Å². The Bertz CT molecular complexity index is 548. The first-order valence-electron chi connectivity index (χ1n) is 4.31. The van der Waals surface area contributed by atoms with Crippen LogP contribution in [-0.2, 0) is 0 Å². The monoisotopic (exact) mass is 239 g/mol. The van der Waals surface area contributed by atoms with Crippen LogP contribution in [-0.4, -0.2) is 4.98 Å². The molecule has 0 saturated carbocycles. The quantitative estimate of drug-likeness (QED) is 0.814. The summed E-state index contributed by atoms with van der Waals surface area (Å²) in [6.45, 7) is 0. The lowest BCUT2D eigenvalue weighted by Crippen LogP contribution is -2.07. The molecule has 0 aliphatic heterocycles. The molecule has 15 heavy (non-hydrogen) atoms. The SMILES string of the molecule is O=c1[nH]cc(Cl)cc1-c1cccc(Cl)c1. The van der Waals surface area contributed by atoms with Gasteiger partial charge in [-0.15, -0.1) is 0 Å². The Kier molecular flexibility index (Phi) is 2.80. The fraction of sp³-hybridized carbons (Fsp3) is 0. The van der Waals surface area contributed by atoms with Gasteiger partial charge < -0.3 is 4.98 Å². The van der Waals surface area contributed by atoms with Gasteiger partial charge in [-0.1, -0.05) is 35.3 Å². The molecule has 0 spiro atoms. The number of pyridine rings is 1. The van der Waals surface area contributed by atoms with E-state index in [2.05, 4.69) is 4.98 Å². The van der Waals surface area contributed by atoms with Crippen molar-refractivity contribution in [2.75, 3.05) is 0 Å². The van der Waals surface area contributed by atoms with E-state index >= 15 is 0 Å². The van der Waals surface area contributed by atoms with Crippen molar-refractivity contribution >= 4 is 23.2 Å². The molecule has 0 fully saturated rings.